The maximum absolute atomic E-state index is 12.1. The number of hydrogen-bond donors (Lipinski definition) is 2. The molecular weight excluding hydrogens is 334 g/mol. The van der Waals surface area contributed by atoms with Crippen LogP contribution in [0.25, 0.3) is 0 Å². The lowest BCUT2D eigenvalue weighted by atomic mass is 9.83. The maximum atomic E-state index is 12.1. The first-order chi connectivity index (χ1) is 12.7. The normalized spacial score (nSPS) is 24.3. The van der Waals surface area contributed by atoms with Crippen molar-refractivity contribution < 1.29 is 24.1 Å². The molecule has 6 heteroatoms. The Morgan fingerprint density at radius 3 is 2.46 bits per heavy atom. The lowest BCUT2D eigenvalue weighted by Crippen LogP contribution is -2.25. The van der Waals surface area contributed by atoms with Crippen LogP contribution in [0.15, 0.2) is 42.5 Å². The largest absolute Gasteiger partial charge is 0.497 e. The van der Waals surface area contributed by atoms with Crippen molar-refractivity contribution in [3.05, 3.63) is 53.6 Å². The van der Waals surface area contributed by atoms with Crippen molar-refractivity contribution in [1.29, 1.82) is 0 Å². The molecule has 2 aliphatic rings. The highest BCUT2D eigenvalue weighted by Gasteiger charge is 2.42. The fraction of sp³-hybridized carbons (Fsp3) is 0.350. The average molecular weight is 355 g/mol. The van der Waals surface area contributed by atoms with Crippen molar-refractivity contribution in [2.75, 3.05) is 26.9 Å². The molecule has 136 valence electrons. The molecule has 1 fully saturated rings. The van der Waals surface area contributed by atoms with Crippen molar-refractivity contribution in [1.82, 2.24) is 5.32 Å². The number of fused-ring (bicyclic) bond motifs is 1. The van der Waals surface area contributed by atoms with Gasteiger partial charge in [0.2, 0.25) is 0 Å². The molecule has 4 rings (SSSR count). The molecular formula is C20H21NO5. The van der Waals surface area contributed by atoms with Crippen molar-refractivity contribution in [2.24, 2.45) is 5.92 Å². The van der Waals surface area contributed by atoms with Crippen LogP contribution in [0, 0.1) is 5.92 Å². The Kier molecular flexibility index (Phi) is 4.42. The second-order valence-corrected chi connectivity index (χ2v) is 6.53. The molecule has 2 aromatic carbocycles. The Bertz CT molecular complexity index is 804. The second-order valence-electron chi connectivity index (χ2n) is 6.53. The highest BCUT2D eigenvalue weighted by atomic mass is 16.6. The van der Waals surface area contributed by atoms with E-state index < -0.39 is 11.9 Å². The third-order valence-electron chi connectivity index (χ3n) is 5.10. The summed E-state index contributed by atoms with van der Waals surface area (Å²) >= 11 is 0. The van der Waals surface area contributed by atoms with Crippen LogP contribution < -0.4 is 19.5 Å². The molecule has 0 bridgehead atoms. The van der Waals surface area contributed by atoms with Crippen LogP contribution >= 0.6 is 0 Å². The van der Waals surface area contributed by atoms with Gasteiger partial charge in [0.05, 0.1) is 13.0 Å². The van der Waals surface area contributed by atoms with Gasteiger partial charge >= 0.3 is 5.97 Å². The monoisotopic (exact) mass is 355 g/mol. The number of carbonyl (C=O) groups is 1. The first-order valence-electron chi connectivity index (χ1n) is 8.67. The summed E-state index contributed by atoms with van der Waals surface area (Å²) in [6.07, 6.45) is 0. The topological polar surface area (TPSA) is 77.0 Å². The molecule has 2 aliphatic heterocycles. The number of ether oxygens (including phenoxy) is 3. The number of rotatable bonds is 4. The zero-order valence-electron chi connectivity index (χ0n) is 14.5. The van der Waals surface area contributed by atoms with Crippen molar-refractivity contribution >= 4 is 5.97 Å². The molecule has 3 atom stereocenters. The summed E-state index contributed by atoms with van der Waals surface area (Å²) in [4.78, 5) is 12.1. The molecule has 0 aliphatic carbocycles. The van der Waals surface area contributed by atoms with E-state index in [4.69, 9.17) is 14.2 Å². The minimum Gasteiger partial charge on any atom is -0.497 e. The van der Waals surface area contributed by atoms with E-state index in [9.17, 15) is 9.90 Å². The number of benzene rings is 2. The minimum absolute atomic E-state index is 0.143. The van der Waals surface area contributed by atoms with E-state index in [-0.39, 0.29) is 12.0 Å². The van der Waals surface area contributed by atoms with Crippen LogP contribution in [-0.4, -0.2) is 37.9 Å². The summed E-state index contributed by atoms with van der Waals surface area (Å²) in [5.41, 5.74) is 1.89. The Labute approximate surface area is 151 Å². The van der Waals surface area contributed by atoms with Crippen LogP contribution in [-0.2, 0) is 4.79 Å². The van der Waals surface area contributed by atoms with Crippen LogP contribution in [0.5, 0.6) is 17.2 Å². The molecule has 0 spiro atoms. The first kappa shape index (κ1) is 16.7. The average Bonchev–Trinajstić information content (AvgIpc) is 3.13. The van der Waals surface area contributed by atoms with Gasteiger partial charge in [0.25, 0.3) is 0 Å². The number of methoxy groups -OCH3 is 1. The minimum atomic E-state index is -0.810. The fourth-order valence-electron chi connectivity index (χ4n) is 3.81. The van der Waals surface area contributed by atoms with Gasteiger partial charge < -0.3 is 24.6 Å². The van der Waals surface area contributed by atoms with Gasteiger partial charge in [0, 0.05) is 18.5 Å². The summed E-state index contributed by atoms with van der Waals surface area (Å²) in [5.74, 6) is 0.634. The van der Waals surface area contributed by atoms with Gasteiger partial charge in [-0.1, -0.05) is 18.2 Å². The molecule has 26 heavy (non-hydrogen) atoms. The molecule has 0 aromatic heterocycles. The highest BCUT2D eigenvalue weighted by Crippen LogP contribution is 2.42. The van der Waals surface area contributed by atoms with Crippen LogP contribution in [0.4, 0.5) is 0 Å². The molecule has 0 amide bonds. The van der Waals surface area contributed by atoms with Gasteiger partial charge in [-0.15, -0.1) is 0 Å². The quantitative estimate of drug-likeness (QED) is 0.878. The van der Waals surface area contributed by atoms with E-state index in [1.165, 1.54) is 0 Å². The highest BCUT2D eigenvalue weighted by molar-refractivity contribution is 5.73. The zero-order chi connectivity index (χ0) is 18.1. The molecule has 2 aromatic rings. The molecule has 2 N–H and O–H groups in total. The summed E-state index contributed by atoms with van der Waals surface area (Å²) < 4.78 is 16.4. The lowest BCUT2D eigenvalue weighted by molar-refractivity contribution is -0.142. The van der Waals surface area contributed by atoms with E-state index in [0.29, 0.717) is 31.3 Å². The summed E-state index contributed by atoms with van der Waals surface area (Å²) in [7, 11) is 1.61. The number of carboxylic acids is 1. The van der Waals surface area contributed by atoms with Crippen LogP contribution in [0.1, 0.15) is 23.1 Å². The predicted octanol–water partition coefficient (Wildman–Crippen LogP) is 2.60. The van der Waals surface area contributed by atoms with Gasteiger partial charge in [-0.05, 0) is 35.4 Å². The van der Waals surface area contributed by atoms with E-state index >= 15 is 0 Å². The Morgan fingerprint density at radius 1 is 1.08 bits per heavy atom. The fourth-order valence-corrected chi connectivity index (χ4v) is 3.81. The van der Waals surface area contributed by atoms with Gasteiger partial charge in [-0.2, -0.15) is 0 Å². The molecule has 2 heterocycles. The molecule has 6 nitrogen and oxygen atoms in total. The summed E-state index contributed by atoms with van der Waals surface area (Å²) in [6, 6.07) is 13.0. The first-order valence-corrected chi connectivity index (χ1v) is 8.67. The van der Waals surface area contributed by atoms with Crippen LogP contribution in [0.2, 0.25) is 0 Å². The standard InChI is InChI=1S/C20H21NO5/c1-24-14-5-2-12(3-6-14)19-18(20(22)23)15(11-21-19)13-4-7-16-17(10-13)26-9-8-25-16/h2-7,10,15,18-19,21H,8-9,11H2,1H3,(H,22,23)/t15?,18-,19?/m1/s1. The number of hydrogen-bond acceptors (Lipinski definition) is 5. The van der Waals surface area contributed by atoms with Gasteiger partial charge in [-0.3, -0.25) is 4.79 Å². The van der Waals surface area contributed by atoms with E-state index in [0.717, 1.165) is 16.9 Å². The van der Waals surface area contributed by atoms with Gasteiger partial charge in [-0.25, -0.2) is 0 Å². The third-order valence-corrected chi connectivity index (χ3v) is 5.10. The Balaban J connectivity index is 1.63. The second kappa shape index (κ2) is 6.88. The van der Waals surface area contributed by atoms with Crippen molar-refractivity contribution in [2.45, 2.75) is 12.0 Å². The van der Waals surface area contributed by atoms with Crippen molar-refractivity contribution in [3.8, 4) is 17.2 Å². The third kappa shape index (κ3) is 2.97. The number of aliphatic carboxylic acids is 1. The molecule has 1 saturated heterocycles. The van der Waals surface area contributed by atoms with Gasteiger partial charge in [0.1, 0.15) is 19.0 Å². The Hall–Kier alpha value is -2.73. The molecule has 0 saturated carbocycles. The number of nitrogens with one attached hydrogen (secondary N) is 1. The molecule has 0 radical (unpaired) electrons. The van der Waals surface area contributed by atoms with Gasteiger partial charge in [0.15, 0.2) is 11.5 Å². The zero-order valence-corrected chi connectivity index (χ0v) is 14.5. The Morgan fingerprint density at radius 2 is 1.77 bits per heavy atom. The summed E-state index contributed by atoms with van der Waals surface area (Å²) in [5, 5.41) is 13.3. The summed E-state index contributed by atoms with van der Waals surface area (Å²) in [6.45, 7) is 1.64. The SMILES string of the molecule is COc1ccc(C2NCC(c3ccc4c(c3)OCCO4)[C@H]2C(=O)O)cc1. The predicted molar refractivity (Wildman–Crippen MR) is 95.0 cm³/mol. The van der Waals surface area contributed by atoms with Crippen LogP contribution in [0.3, 0.4) is 0 Å². The smallest absolute Gasteiger partial charge is 0.309 e. The maximum Gasteiger partial charge on any atom is 0.309 e. The van der Waals surface area contributed by atoms with E-state index in [1.54, 1.807) is 7.11 Å². The number of carboxylic acid groups (broad SMARTS) is 1. The van der Waals surface area contributed by atoms with Crippen molar-refractivity contribution in [3.63, 3.8) is 0 Å². The van der Waals surface area contributed by atoms with E-state index in [1.807, 2.05) is 42.5 Å². The molecule has 2 unspecified atom stereocenters. The van der Waals surface area contributed by atoms with E-state index in [2.05, 4.69) is 5.32 Å². The lowest BCUT2D eigenvalue weighted by Gasteiger charge is -2.23.